The predicted octanol–water partition coefficient (Wildman–Crippen LogP) is 13.2. The molecule has 5 aromatic rings. The van der Waals surface area contributed by atoms with Gasteiger partial charge in [-0.2, -0.15) is 4.57 Å². The zero-order chi connectivity index (χ0) is 41.8. The molecule has 4 nitrogen and oxygen atoms in total. The first-order valence-corrected chi connectivity index (χ1v) is 26.7. The number of fused-ring (bicyclic) bond motifs is 7. The molecule has 0 spiro atoms. The van der Waals surface area contributed by atoms with Gasteiger partial charge in [0.15, 0.2) is 28.9 Å². The second-order valence-corrected chi connectivity index (χ2v) is 25.4. The summed E-state index contributed by atoms with van der Waals surface area (Å²) >= 11 is 0. The number of aromatic nitrogens is 3. The number of aryl methyl sites for hydroxylation is 2. The number of hydrogen-bond donors (Lipinski definition) is 0. The minimum Gasteiger partial charge on any atom is -0.459 e. The summed E-state index contributed by atoms with van der Waals surface area (Å²) < 4.78 is 15.5. The van der Waals surface area contributed by atoms with E-state index in [2.05, 4.69) is 173 Å². The summed E-state index contributed by atoms with van der Waals surface area (Å²) in [6.07, 6.45) is 28.2. The Balaban J connectivity index is 1.37. The van der Waals surface area contributed by atoms with Crippen LogP contribution in [0.1, 0.15) is 133 Å². The van der Waals surface area contributed by atoms with Crippen LogP contribution in [0.25, 0.3) is 45.0 Å². The lowest BCUT2D eigenvalue weighted by Crippen LogP contribution is -2.70. The highest BCUT2D eigenvalue weighted by Crippen LogP contribution is 2.49. The van der Waals surface area contributed by atoms with E-state index in [-0.39, 0.29) is 17.6 Å². The van der Waals surface area contributed by atoms with Gasteiger partial charge in [-0.15, -0.1) is 0 Å². The van der Waals surface area contributed by atoms with Gasteiger partial charge in [-0.25, -0.2) is 9.13 Å². The van der Waals surface area contributed by atoms with Gasteiger partial charge in [-0.05, 0) is 91.3 Å². The molecule has 4 heterocycles. The number of imidazole rings is 1. The molecule has 0 radical (unpaired) electrons. The van der Waals surface area contributed by atoms with Crippen LogP contribution in [0.4, 0.5) is 0 Å². The number of nitrogens with zero attached hydrogens (tertiary/aromatic N) is 3. The Bertz CT molecular complexity index is 2800. The van der Waals surface area contributed by atoms with Crippen molar-refractivity contribution < 1.29 is 13.6 Å². The minimum absolute atomic E-state index is 0.0284. The van der Waals surface area contributed by atoms with Crippen molar-refractivity contribution in [2.45, 2.75) is 143 Å². The van der Waals surface area contributed by atoms with Crippen LogP contribution in [0.2, 0.25) is 19.6 Å². The summed E-state index contributed by atoms with van der Waals surface area (Å²) in [4.78, 5) is 0. The largest absolute Gasteiger partial charge is 0.459 e. The standard InChI is InChI=1S/C55H65N3OSi/c1-11-55(7)53(45-31-38(34(2)3)26-29-41(45)48-32-44(35(4)5)50(33-56(48)55)60(8,9)10)58-47-22-16-15-21-46(47)57(40-27-25-37-18-12-13-19-39(37)30-40)54(58)51-36(6)24-28-43-42-20-14-17-23-49(42)59-52(43)51/h13-16,19-22,24-25,28,30-35,40,53H,11-12,17-18,23,26-27,29H2,1-10H3/q+2. The van der Waals surface area contributed by atoms with Crippen molar-refractivity contribution in [3.63, 3.8) is 0 Å². The number of para-hydroxylation sites is 2. The van der Waals surface area contributed by atoms with E-state index in [1.165, 1.54) is 66.9 Å². The third-order valence-corrected chi connectivity index (χ3v) is 17.0. The normalized spacial score (nSPS) is 22.6. The maximum atomic E-state index is 7.16. The van der Waals surface area contributed by atoms with Crippen molar-refractivity contribution in [1.82, 2.24) is 4.57 Å². The molecular weight excluding hydrogens is 747 g/mol. The van der Waals surface area contributed by atoms with Crippen molar-refractivity contribution in [1.29, 1.82) is 0 Å². The SMILES string of the molecule is CCC1(C)C([n+]2c(-c3c(C)ccc4c5c(oc34)CCC=C5)n(C3C=C4C=CCCC4=CC3)c3ccccc32)C2=C(CCC(C(C)C)=C2)c2cc(C(C)C)c([Si](C)(C)C)c[n+]21. The average Bonchev–Trinajstić information content (AvgIpc) is 3.78. The lowest BCUT2D eigenvalue weighted by Gasteiger charge is -2.40. The van der Waals surface area contributed by atoms with E-state index in [0.29, 0.717) is 11.8 Å². The first kappa shape index (κ1) is 39.4. The summed E-state index contributed by atoms with van der Waals surface area (Å²) in [5.74, 6) is 3.34. The number of rotatable bonds is 7. The van der Waals surface area contributed by atoms with Crippen LogP contribution < -0.4 is 14.3 Å². The van der Waals surface area contributed by atoms with E-state index in [9.17, 15) is 0 Å². The zero-order valence-corrected chi connectivity index (χ0v) is 38.9. The molecule has 1 aliphatic heterocycles. The van der Waals surface area contributed by atoms with Crippen molar-refractivity contribution in [2.75, 3.05) is 0 Å². The Kier molecular flexibility index (Phi) is 9.48. The Morgan fingerprint density at radius 3 is 2.48 bits per heavy atom. The average molecular weight is 812 g/mol. The van der Waals surface area contributed by atoms with Crippen LogP contribution in [-0.2, 0) is 12.0 Å². The lowest BCUT2D eigenvalue weighted by molar-refractivity contribution is -0.833. The number of benzene rings is 2. The molecule has 10 rings (SSSR count). The van der Waals surface area contributed by atoms with Gasteiger partial charge >= 0.3 is 0 Å². The fraction of sp³-hybridized carbons (Fsp3) is 0.418. The zero-order valence-electron chi connectivity index (χ0n) is 37.9. The van der Waals surface area contributed by atoms with E-state index >= 15 is 0 Å². The molecule has 5 heteroatoms. The molecule has 0 fully saturated rings. The van der Waals surface area contributed by atoms with E-state index < -0.39 is 8.07 Å². The highest BCUT2D eigenvalue weighted by atomic mass is 28.3. The summed E-state index contributed by atoms with van der Waals surface area (Å²) in [5.41, 5.74) is 17.6. The molecule has 5 aliphatic rings. The van der Waals surface area contributed by atoms with E-state index in [4.69, 9.17) is 4.42 Å². The number of hydrogen-bond acceptors (Lipinski definition) is 1. The number of allylic oxidation sites excluding steroid dienone is 11. The molecule has 60 heavy (non-hydrogen) atoms. The van der Waals surface area contributed by atoms with Crippen molar-refractivity contribution >= 4 is 46.9 Å². The van der Waals surface area contributed by atoms with Crippen molar-refractivity contribution in [3.8, 4) is 11.4 Å². The molecule has 2 aromatic carbocycles. The molecule has 0 N–H and O–H groups in total. The molecule has 0 saturated carbocycles. The Morgan fingerprint density at radius 2 is 1.72 bits per heavy atom. The Labute approximate surface area is 359 Å². The molecule has 4 aliphatic carbocycles. The minimum atomic E-state index is -1.72. The van der Waals surface area contributed by atoms with E-state index in [0.717, 1.165) is 62.7 Å². The smallest absolute Gasteiger partial charge is 0.295 e. The second-order valence-electron chi connectivity index (χ2n) is 20.4. The van der Waals surface area contributed by atoms with Gasteiger partial charge < -0.3 is 4.42 Å². The van der Waals surface area contributed by atoms with Crippen LogP contribution >= 0.6 is 0 Å². The maximum absolute atomic E-state index is 7.16. The van der Waals surface area contributed by atoms with Gasteiger partial charge in [-0.3, -0.25) is 0 Å². The van der Waals surface area contributed by atoms with Crippen LogP contribution in [0, 0.1) is 12.8 Å². The summed E-state index contributed by atoms with van der Waals surface area (Å²) in [6, 6.07) is 16.8. The summed E-state index contributed by atoms with van der Waals surface area (Å²) in [7, 11) is -1.72. The topological polar surface area (TPSA) is 25.8 Å². The highest BCUT2D eigenvalue weighted by Gasteiger charge is 2.57. The fourth-order valence-electron chi connectivity index (χ4n) is 11.6. The van der Waals surface area contributed by atoms with Crippen molar-refractivity contribution in [3.05, 3.63) is 136 Å². The van der Waals surface area contributed by atoms with Crippen LogP contribution in [0.15, 0.2) is 112 Å². The monoisotopic (exact) mass is 811 g/mol. The first-order valence-electron chi connectivity index (χ1n) is 23.2. The quantitative estimate of drug-likeness (QED) is 0.119. The van der Waals surface area contributed by atoms with Gasteiger partial charge in [-0.1, -0.05) is 121 Å². The molecule has 0 saturated heterocycles. The molecule has 3 aromatic heterocycles. The Morgan fingerprint density at radius 1 is 0.933 bits per heavy atom. The second kappa shape index (κ2) is 14.4. The van der Waals surface area contributed by atoms with Gasteiger partial charge in [0.25, 0.3) is 5.82 Å². The first-order chi connectivity index (χ1) is 28.8. The Hall–Kier alpha value is -4.74. The molecule has 0 bridgehead atoms. The van der Waals surface area contributed by atoms with Gasteiger partial charge in [0.05, 0.1) is 8.07 Å². The van der Waals surface area contributed by atoms with Gasteiger partial charge in [0.2, 0.25) is 11.2 Å². The van der Waals surface area contributed by atoms with Gasteiger partial charge in [0.1, 0.15) is 17.4 Å². The van der Waals surface area contributed by atoms with Gasteiger partial charge in [0, 0.05) is 59.5 Å². The molecular formula is C55H65N3OSi+2. The number of pyridine rings is 1. The molecule has 308 valence electrons. The summed E-state index contributed by atoms with van der Waals surface area (Å²) in [6.45, 7) is 24.6. The van der Waals surface area contributed by atoms with Crippen LogP contribution in [0.3, 0.4) is 0 Å². The predicted molar refractivity (Wildman–Crippen MR) is 253 cm³/mol. The lowest BCUT2D eigenvalue weighted by atomic mass is 9.72. The highest BCUT2D eigenvalue weighted by molar-refractivity contribution is 6.89. The van der Waals surface area contributed by atoms with E-state index in [1.54, 1.807) is 16.3 Å². The third kappa shape index (κ3) is 5.96. The fourth-order valence-corrected chi connectivity index (χ4v) is 13.3. The third-order valence-electron chi connectivity index (χ3n) is 15.0. The van der Waals surface area contributed by atoms with Crippen LogP contribution in [0.5, 0.6) is 0 Å². The maximum Gasteiger partial charge on any atom is 0.295 e. The number of furan rings is 1. The molecule has 3 unspecified atom stereocenters. The molecule has 0 amide bonds. The van der Waals surface area contributed by atoms with Crippen LogP contribution in [-0.4, -0.2) is 12.6 Å². The summed E-state index contributed by atoms with van der Waals surface area (Å²) in [5, 5.41) is 2.82. The van der Waals surface area contributed by atoms with E-state index in [1.807, 2.05) is 0 Å². The molecule has 3 atom stereocenters. The van der Waals surface area contributed by atoms with Crippen molar-refractivity contribution in [2.24, 2.45) is 5.92 Å².